The second-order valence-electron chi connectivity index (χ2n) is 7.14. The molecule has 3 fully saturated rings. The van der Waals surface area contributed by atoms with E-state index in [0.717, 1.165) is 45.6 Å². The number of carbonyl (C=O) groups excluding carboxylic acids is 2. The third kappa shape index (κ3) is 3.29. The van der Waals surface area contributed by atoms with E-state index >= 15 is 0 Å². The van der Waals surface area contributed by atoms with E-state index in [2.05, 4.69) is 16.0 Å². The standard InChI is InChI=1S/C18H24N4O2/c23-17-10-15(13-22(17)16-3-4-16)18(24)21-8-6-20(7-9-21)12-14-2-1-5-19-11-14/h1-2,5,11,15-16H,3-4,6-10,12-13H2. The zero-order chi connectivity index (χ0) is 16.5. The van der Waals surface area contributed by atoms with Crippen molar-refractivity contribution in [2.45, 2.75) is 31.8 Å². The van der Waals surface area contributed by atoms with Gasteiger partial charge in [0.25, 0.3) is 0 Å². The van der Waals surface area contributed by atoms with Crippen molar-refractivity contribution in [3.05, 3.63) is 30.1 Å². The molecule has 24 heavy (non-hydrogen) atoms. The van der Waals surface area contributed by atoms with Gasteiger partial charge in [-0.05, 0) is 24.5 Å². The summed E-state index contributed by atoms with van der Waals surface area (Å²) in [5.41, 5.74) is 1.21. The van der Waals surface area contributed by atoms with Crippen molar-refractivity contribution in [3.8, 4) is 0 Å². The summed E-state index contributed by atoms with van der Waals surface area (Å²) < 4.78 is 0. The van der Waals surface area contributed by atoms with Gasteiger partial charge in [-0.25, -0.2) is 0 Å². The summed E-state index contributed by atoms with van der Waals surface area (Å²) in [6.07, 6.45) is 6.31. The van der Waals surface area contributed by atoms with Gasteiger partial charge in [-0.15, -0.1) is 0 Å². The van der Waals surface area contributed by atoms with Gasteiger partial charge in [0.05, 0.1) is 5.92 Å². The lowest BCUT2D eigenvalue weighted by molar-refractivity contribution is -0.137. The number of pyridine rings is 1. The molecule has 4 rings (SSSR count). The molecule has 1 aromatic heterocycles. The maximum Gasteiger partial charge on any atom is 0.228 e. The second kappa shape index (κ2) is 6.51. The average molecular weight is 328 g/mol. The van der Waals surface area contributed by atoms with Gasteiger partial charge in [0.1, 0.15) is 0 Å². The Morgan fingerprint density at radius 1 is 1.21 bits per heavy atom. The lowest BCUT2D eigenvalue weighted by Crippen LogP contribution is -2.50. The number of piperazine rings is 1. The van der Waals surface area contributed by atoms with Crippen LogP contribution in [0.15, 0.2) is 24.5 Å². The van der Waals surface area contributed by atoms with E-state index in [-0.39, 0.29) is 17.7 Å². The molecule has 128 valence electrons. The number of nitrogens with zero attached hydrogens (tertiary/aromatic N) is 4. The number of amides is 2. The summed E-state index contributed by atoms with van der Waals surface area (Å²) in [4.78, 5) is 35.2. The maximum absolute atomic E-state index is 12.7. The first-order valence-corrected chi connectivity index (χ1v) is 8.90. The molecule has 2 aliphatic heterocycles. The van der Waals surface area contributed by atoms with Crippen molar-refractivity contribution in [1.82, 2.24) is 19.7 Å². The number of rotatable bonds is 4. The fourth-order valence-electron chi connectivity index (χ4n) is 3.77. The highest BCUT2D eigenvalue weighted by Gasteiger charge is 2.43. The van der Waals surface area contributed by atoms with Crippen LogP contribution in [0.5, 0.6) is 0 Å². The monoisotopic (exact) mass is 328 g/mol. The van der Waals surface area contributed by atoms with Crippen LogP contribution in [0.4, 0.5) is 0 Å². The Labute approximate surface area is 142 Å². The molecule has 0 radical (unpaired) electrons. The Kier molecular flexibility index (Phi) is 4.22. The minimum Gasteiger partial charge on any atom is -0.340 e. The number of aromatic nitrogens is 1. The molecule has 6 nitrogen and oxygen atoms in total. The van der Waals surface area contributed by atoms with E-state index in [4.69, 9.17) is 0 Å². The molecule has 1 atom stereocenters. The SMILES string of the molecule is O=C(C1CC(=O)N(C2CC2)C1)N1CCN(Cc2cccnc2)CC1. The number of hydrogen-bond donors (Lipinski definition) is 0. The van der Waals surface area contributed by atoms with Crippen LogP contribution in [0.3, 0.4) is 0 Å². The largest absolute Gasteiger partial charge is 0.340 e. The second-order valence-corrected chi connectivity index (χ2v) is 7.14. The van der Waals surface area contributed by atoms with Gasteiger partial charge in [0, 0.05) is 64.1 Å². The van der Waals surface area contributed by atoms with Crippen LogP contribution in [-0.4, -0.2) is 70.3 Å². The van der Waals surface area contributed by atoms with Crippen LogP contribution >= 0.6 is 0 Å². The quantitative estimate of drug-likeness (QED) is 0.818. The van der Waals surface area contributed by atoms with Gasteiger partial charge < -0.3 is 9.80 Å². The first-order chi connectivity index (χ1) is 11.7. The van der Waals surface area contributed by atoms with E-state index < -0.39 is 0 Å². The van der Waals surface area contributed by atoms with Crippen LogP contribution in [0.1, 0.15) is 24.8 Å². The molecular weight excluding hydrogens is 304 g/mol. The van der Waals surface area contributed by atoms with Crippen LogP contribution < -0.4 is 0 Å². The Morgan fingerprint density at radius 3 is 2.67 bits per heavy atom. The smallest absolute Gasteiger partial charge is 0.228 e. The number of carbonyl (C=O) groups is 2. The minimum atomic E-state index is -0.122. The van der Waals surface area contributed by atoms with Gasteiger partial charge in [-0.2, -0.15) is 0 Å². The van der Waals surface area contributed by atoms with Gasteiger partial charge in [0.15, 0.2) is 0 Å². The summed E-state index contributed by atoms with van der Waals surface area (Å²) in [6, 6.07) is 4.46. The Hall–Kier alpha value is -1.95. The van der Waals surface area contributed by atoms with Gasteiger partial charge in [-0.1, -0.05) is 6.07 Å². The maximum atomic E-state index is 12.7. The first-order valence-electron chi connectivity index (χ1n) is 8.90. The molecule has 3 aliphatic rings. The van der Waals surface area contributed by atoms with Crippen molar-refractivity contribution in [1.29, 1.82) is 0 Å². The molecule has 1 aromatic rings. The van der Waals surface area contributed by atoms with Gasteiger partial charge in [-0.3, -0.25) is 19.5 Å². The Morgan fingerprint density at radius 2 is 2.00 bits per heavy atom. The molecule has 2 amide bonds. The highest BCUT2D eigenvalue weighted by atomic mass is 16.2. The third-order valence-electron chi connectivity index (χ3n) is 5.31. The zero-order valence-corrected chi connectivity index (χ0v) is 13.9. The number of likely N-dealkylation sites (tertiary alicyclic amines) is 1. The first kappa shape index (κ1) is 15.6. The van der Waals surface area contributed by atoms with Crippen molar-refractivity contribution in [2.24, 2.45) is 5.92 Å². The normalized spacial score (nSPS) is 25.3. The summed E-state index contributed by atoms with van der Waals surface area (Å²) in [5.74, 6) is 0.224. The summed E-state index contributed by atoms with van der Waals surface area (Å²) >= 11 is 0. The molecule has 0 bridgehead atoms. The van der Waals surface area contributed by atoms with Crippen molar-refractivity contribution < 1.29 is 9.59 Å². The predicted octanol–water partition coefficient (Wildman–Crippen LogP) is 0.737. The number of hydrogen-bond acceptors (Lipinski definition) is 4. The van der Waals surface area contributed by atoms with Crippen LogP contribution in [-0.2, 0) is 16.1 Å². The molecule has 1 saturated carbocycles. The molecular formula is C18H24N4O2. The van der Waals surface area contributed by atoms with E-state index in [1.807, 2.05) is 22.1 Å². The van der Waals surface area contributed by atoms with E-state index in [0.29, 0.717) is 19.0 Å². The fraction of sp³-hybridized carbons (Fsp3) is 0.611. The van der Waals surface area contributed by atoms with Crippen molar-refractivity contribution in [2.75, 3.05) is 32.7 Å². The topological polar surface area (TPSA) is 56.8 Å². The molecule has 0 N–H and O–H groups in total. The molecule has 2 saturated heterocycles. The lowest BCUT2D eigenvalue weighted by Gasteiger charge is -2.35. The van der Waals surface area contributed by atoms with Crippen molar-refractivity contribution in [3.63, 3.8) is 0 Å². The highest BCUT2D eigenvalue weighted by molar-refractivity contribution is 5.89. The molecule has 1 aliphatic carbocycles. The van der Waals surface area contributed by atoms with E-state index in [9.17, 15) is 9.59 Å². The third-order valence-corrected chi connectivity index (χ3v) is 5.31. The lowest BCUT2D eigenvalue weighted by atomic mass is 10.1. The van der Waals surface area contributed by atoms with Crippen LogP contribution in [0.25, 0.3) is 0 Å². The van der Waals surface area contributed by atoms with E-state index in [1.165, 1.54) is 5.56 Å². The molecule has 3 heterocycles. The summed E-state index contributed by atoms with van der Waals surface area (Å²) in [5, 5.41) is 0. The summed E-state index contributed by atoms with van der Waals surface area (Å²) in [7, 11) is 0. The highest BCUT2D eigenvalue weighted by Crippen LogP contribution is 2.33. The molecule has 6 heteroatoms. The Bertz CT molecular complexity index is 609. The fourth-order valence-corrected chi connectivity index (χ4v) is 3.77. The van der Waals surface area contributed by atoms with Gasteiger partial charge in [0.2, 0.25) is 11.8 Å². The molecule has 0 aromatic carbocycles. The molecule has 1 unspecified atom stereocenters. The van der Waals surface area contributed by atoms with Crippen LogP contribution in [0, 0.1) is 5.92 Å². The van der Waals surface area contributed by atoms with Gasteiger partial charge >= 0.3 is 0 Å². The minimum absolute atomic E-state index is 0.122. The zero-order valence-electron chi connectivity index (χ0n) is 13.9. The van der Waals surface area contributed by atoms with E-state index in [1.54, 1.807) is 6.20 Å². The predicted molar refractivity (Wildman–Crippen MR) is 88.9 cm³/mol. The Balaban J connectivity index is 1.28. The average Bonchev–Trinajstić information content (AvgIpc) is 3.38. The van der Waals surface area contributed by atoms with Crippen LogP contribution in [0.2, 0.25) is 0 Å². The molecule has 0 spiro atoms. The van der Waals surface area contributed by atoms with Crippen molar-refractivity contribution >= 4 is 11.8 Å². The summed E-state index contributed by atoms with van der Waals surface area (Å²) in [6.45, 7) is 4.80.